The SMILES string of the molecule is Fc1cc(OC2C=CCCC2)ccc1[B-](F)(F)F.[K+]. The monoisotopic (exact) mass is 298 g/mol. The van der Waals surface area contributed by atoms with Crippen LogP contribution in [0.2, 0.25) is 0 Å². The molecule has 0 aliphatic heterocycles. The van der Waals surface area contributed by atoms with E-state index >= 15 is 0 Å². The third-order valence-corrected chi connectivity index (χ3v) is 2.82. The van der Waals surface area contributed by atoms with Crippen molar-refractivity contribution < 1.29 is 73.5 Å². The van der Waals surface area contributed by atoms with Crippen LogP contribution in [0.5, 0.6) is 5.75 Å². The van der Waals surface area contributed by atoms with Gasteiger partial charge in [-0.3, -0.25) is 0 Å². The van der Waals surface area contributed by atoms with Gasteiger partial charge in [-0.15, -0.1) is 0 Å². The number of halogens is 4. The fraction of sp³-hybridized carbons (Fsp3) is 0.333. The van der Waals surface area contributed by atoms with E-state index in [1.807, 2.05) is 12.2 Å². The van der Waals surface area contributed by atoms with Crippen molar-refractivity contribution in [3.63, 3.8) is 0 Å². The first-order valence-electron chi connectivity index (χ1n) is 5.79. The van der Waals surface area contributed by atoms with Crippen LogP contribution in [0.4, 0.5) is 17.3 Å². The Balaban J connectivity index is 0.00000180. The molecule has 1 aromatic rings. The maximum Gasteiger partial charge on any atom is 1.00 e. The molecular weight excluding hydrogens is 286 g/mol. The van der Waals surface area contributed by atoms with E-state index in [0.717, 1.165) is 37.5 Å². The molecule has 0 saturated carbocycles. The maximum atomic E-state index is 13.3. The van der Waals surface area contributed by atoms with Gasteiger partial charge in [-0.2, -0.15) is 0 Å². The van der Waals surface area contributed by atoms with Gasteiger partial charge in [0.2, 0.25) is 0 Å². The van der Waals surface area contributed by atoms with Crippen LogP contribution in [0.1, 0.15) is 19.3 Å². The molecule has 0 spiro atoms. The summed E-state index contributed by atoms with van der Waals surface area (Å²) in [7, 11) is 0. The second kappa shape index (κ2) is 7.26. The van der Waals surface area contributed by atoms with Gasteiger partial charge in [0.1, 0.15) is 11.9 Å². The predicted molar refractivity (Wildman–Crippen MR) is 62.5 cm³/mol. The first-order valence-corrected chi connectivity index (χ1v) is 5.79. The van der Waals surface area contributed by atoms with E-state index in [1.54, 1.807) is 0 Å². The van der Waals surface area contributed by atoms with Gasteiger partial charge in [0.25, 0.3) is 0 Å². The average molecular weight is 298 g/mol. The molecule has 0 amide bonds. The molecule has 1 aromatic carbocycles. The Morgan fingerprint density at radius 2 is 1.95 bits per heavy atom. The minimum atomic E-state index is -5.31. The molecule has 0 fully saturated rings. The molecule has 0 bridgehead atoms. The van der Waals surface area contributed by atoms with Crippen LogP contribution in [-0.2, 0) is 0 Å². The number of ether oxygens (including phenoxy) is 1. The van der Waals surface area contributed by atoms with Gasteiger partial charge < -0.3 is 17.7 Å². The van der Waals surface area contributed by atoms with Crippen molar-refractivity contribution in [2.75, 3.05) is 0 Å². The maximum absolute atomic E-state index is 13.3. The third-order valence-electron chi connectivity index (χ3n) is 2.82. The molecule has 1 aliphatic rings. The number of hydrogen-bond donors (Lipinski definition) is 0. The molecular formula is C12H12BF4KO. The molecule has 0 radical (unpaired) electrons. The van der Waals surface area contributed by atoms with E-state index in [9.17, 15) is 17.3 Å². The van der Waals surface area contributed by atoms with Crippen LogP contribution in [-0.4, -0.2) is 13.1 Å². The van der Waals surface area contributed by atoms with E-state index in [2.05, 4.69) is 0 Å². The minimum Gasteiger partial charge on any atom is -0.486 e. The van der Waals surface area contributed by atoms with Crippen molar-refractivity contribution in [1.29, 1.82) is 0 Å². The van der Waals surface area contributed by atoms with Gasteiger partial charge in [0, 0.05) is 6.07 Å². The van der Waals surface area contributed by atoms with Crippen molar-refractivity contribution in [3.8, 4) is 5.75 Å². The summed E-state index contributed by atoms with van der Waals surface area (Å²) in [5.41, 5.74) is -1.21. The van der Waals surface area contributed by atoms with Crippen molar-refractivity contribution in [3.05, 3.63) is 36.2 Å². The van der Waals surface area contributed by atoms with Gasteiger partial charge in [-0.1, -0.05) is 17.6 Å². The molecule has 98 valence electrons. The summed E-state index contributed by atoms with van der Waals surface area (Å²) in [6, 6.07) is 2.69. The molecule has 0 heterocycles. The number of hydrogen-bond acceptors (Lipinski definition) is 1. The Kier molecular flexibility index (Phi) is 6.59. The zero-order chi connectivity index (χ0) is 13.2. The average Bonchev–Trinajstić information content (AvgIpc) is 2.28. The summed E-state index contributed by atoms with van der Waals surface area (Å²) < 4.78 is 55.9. The zero-order valence-corrected chi connectivity index (χ0v) is 13.7. The second-order valence-corrected chi connectivity index (χ2v) is 4.27. The minimum absolute atomic E-state index is 0. The second-order valence-electron chi connectivity index (χ2n) is 4.27. The topological polar surface area (TPSA) is 9.23 Å². The summed E-state index contributed by atoms with van der Waals surface area (Å²) in [4.78, 5) is 0. The van der Waals surface area contributed by atoms with E-state index in [-0.39, 0.29) is 63.2 Å². The van der Waals surface area contributed by atoms with E-state index in [1.165, 1.54) is 0 Å². The molecule has 0 N–H and O–H groups in total. The zero-order valence-electron chi connectivity index (χ0n) is 10.6. The molecule has 7 heteroatoms. The Morgan fingerprint density at radius 3 is 2.47 bits per heavy atom. The Hall–Kier alpha value is 0.181. The molecule has 19 heavy (non-hydrogen) atoms. The fourth-order valence-corrected chi connectivity index (χ4v) is 1.90. The van der Waals surface area contributed by atoms with Gasteiger partial charge in [0.15, 0.2) is 0 Å². The Labute approximate surface area is 151 Å². The van der Waals surface area contributed by atoms with Crippen molar-refractivity contribution in [2.24, 2.45) is 0 Å². The summed E-state index contributed by atoms with van der Waals surface area (Å²) in [6.07, 6.45) is 6.36. The Morgan fingerprint density at radius 1 is 1.21 bits per heavy atom. The van der Waals surface area contributed by atoms with E-state index in [0.29, 0.717) is 0 Å². The summed E-state index contributed by atoms with van der Waals surface area (Å²) in [5, 5.41) is 0. The van der Waals surface area contributed by atoms with Crippen LogP contribution in [0, 0.1) is 5.82 Å². The van der Waals surface area contributed by atoms with Crippen molar-refractivity contribution in [1.82, 2.24) is 0 Å². The molecule has 0 aromatic heterocycles. The summed E-state index contributed by atoms with van der Waals surface area (Å²) in [6.45, 7) is -5.31. The van der Waals surface area contributed by atoms with Crippen LogP contribution in [0.3, 0.4) is 0 Å². The first kappa shape index (κ1) is 17.2. The fourth-order valence-electron chi connectivity index (χ4n) is 1.90. The molecule has 1 atom stereocenters. The van der Waals surface area contributed by atoms with Gasteiger partial charge in [0.05, 0.1) is 5.82 Å². The molecule has 1 nitrogen and oxygen atoms in total. The third kappa shape index (κ3) is 4.90. The smallest absolute Gasteiger partial charge is 0.486 e. The van der Waals surface area contributed by atoms with Gasteiger partial charge >= 0.3 is 58.4 Å². The van der Waals surface area contributed by atoms with Crippen LogP contribution in [0.15, 0.2) is 30.4 Å². The molecule has 1 aliphatic carbocycles. The van der Waals surface area contributed by atoms with Crippen LogP contribution in [0.25, 0.3) is 0 Å². The van der Waals surface area contributed by atoms with E-state index < -0.39 is 18.3 Å². The predicted octanol–water partition coefficient (Wildman–Crippen LogP) is 0.372. The quantitative estimate of drug-likeness (QED) is 0.445. The number of allylic oxidation sites excluding steroid dienone is 1. The van der Waals surface area contributed by atoms with Crippen LogP contribution >= 0.6 is 0 Å². The van der Waals surface area contributed by atoms with Crippen molar-refractivity contribution >= 4 is 12.4 Å². The van der Waals surface area contributed by atoms with E-state index in [4.69, 9.17) is 4.74 Å². The molecule has 2 rings (SSSR count). The summed E-state index contributed by atoms with van der Waals surface area (Å²) >= 11 is 0. The number of benzene rings is 1. The van der Waals surface area contributed by atoms with Gasteiger partial charge in [-0.05, 0) is 31.4 Å². The van der Waals surface area contributed by atoms with Gasteiger partial charge in [-0.25, -0.2) is 4.39 Å². The van der Waals surface area contributed by atoms with Crippen molar-refractivity contribution in [2.45, 2.75) is 25.4 Å². The molecule has 1 unspecified atom stereocenters. The standard InChI is InChI=1S/C12H12BF4O.K/c14-12-8-10(6-7-11(12)13(15,16)17)18-9-4-2-1-3-5-9;/h2,4,6-9H,1,3,5H2;/q-1;+1. The Bertz CT molecular complexity index is 462. The normalized spacial score (nSPS) is 18.8. The first-order chi connectivity index (χ1) is 8.47. The molecule has 0 saturated heterocycles. The largest absolute Gasteiger partial charge is 1.00 e. The summed E-state index contributed by atoms with van der Waals surface area (Å²) in [5.74, 6) is -1.15. The number of rotatable bonds is 3. The van der Waals surface area contributed by atoms with Crippen LogP contribution < -0.4 is 61.6 Å².